The van der Waals surface area contributed by atoms with Crippen molar-refractivity contribution in [2.45, 2.75) is 51.2 Å². The Bertz CT molecular complexity index is 446. The lowest BCUT2D eigenvalue weighted by atomic mass is 9.78. The summed E-state index contributed by atoms with van der Waals surface area (Å²) >= 11 is 0. The molecule has 0 aliphatic heterocycles. The second-order valence-corrected chi connectivity index (χ2v) is 5.75. The van der Waals surface area contributed by atoms with Crippen LogP contribution >= 0.6 is 0 Å². The quantitative estimate of drug-likeness (QED) is 0.746. The van der Waals surface area contributed by atoms with Crippen LogP contribution in [0.1, 0.15) is 55.3 Å². The van der Waals surface area contributed by atoms with Crippen molar-refractivity contribution in [2.24, 2.45) is 5.92 Å². The van der Waals surface area contributed by atoms with Gasteiger partial charge in [0.1, 0.15) is 5.76 Å². The van der Waals surface area contributed by atoms with Gasteiger partial charge in [0.15, 0.2) is 0 Å². The summed E-state index contributed by atoms with van der Waals surface area (Å²) in [5.74, 6) is 0.212. The molecule has 112 valence electrons. The maximum Gasteiger partial charge on any atom is 0.371 e. The molecule has 5 nitrogen and oxygen atoms in total. The van der Waals surface area contributed by atoms with Gasteiger partial charge in [-0.3, -0.25) is 0 Å². The van der Waals surface area contributed by atoms with Crippen LogP contribution in [0.5, 0.6) is 0 Å². The lowest BCUT2D eigenvalue weighted by Crippen LogP contribution is -2.43. The molecular formula is C15H23NO4. The van der Waals surface area contributed by atoms with Crippen molar-refractivity contribution in [1.82, 2.24) is 5.32 Å². The number of aromatic carboxylic acids is 1. The molecule has 0 amide bonds. The Kier molecular flexibility index (Phi) is 4.83. The molecule has 0 unspecified atom stereocenters. The highest BCUT2D eigenvalue weighted by Gasteiger charge is 2.32. The number of aliphatic hydroxyl groups is 1. The Morgan fingerprint density at radius 3 is 2.70 bits per heavy atom. The van der Waals surface area contributed by atoms with Crippen molar-refractivity contribution in [3.63, 3.8) is 0 Å². The molecular weight excluding hydrogens is 258 g/mol. The molecule has 0 bridgehead atoms. The van der Waals surface area contributed by atoms with E-state index in [1.165, 1.54) is 12.5 Å². The van der Waals surface area contributed by atoms with Gasteiger partial charge in [0.25, 0.3) is 0 Å². The summed E-state index contributed by atoms with van der Waals surface area (Å²) in [6, 6.07) is 3.09. The SMILES string of the molecule is CCC1CCC(O)(CNCc2ccc(C(=O)O)o2)CC1. The van der Waals surface area contributed by atoms with Crippen LogP contribution in [0.25, 0.3) is 0 Å². The smallest absolute Gasteiger partial charge is 0.371 e. The van der Waals surface area contributed by atoms with Gasteiger partial charge in [-0.2, -0.15) is 0 Å². The van der Waals surface area contributed by atoms with E-state index in [9.17, 15) is 9.90 Å². The van der Waals surface area contributed by atoms with Gasteiger partial charge in [0, 0.05) is 6.54 Å². The van der Waals surface area contributed by atoms with Crippen molar-refractivity contribution >= 4 is 5.97 Å². The highest BCUT2D eigenvalue weighted by Crippen LogP contribution is 2.33. The summed E-state index contributed by atoms with van der Waals surface area (Å²) in [6.07, 6.45) is 5.01. The Morgan fingerprint density at radius 1 is 1.45 bits per heavy atom. The van der Waals surface area contributed by atoms with Crippen molar-refractivity contribution in [3.8, 4) is 0 Å². The van der Waals surface area contributed by atoms with Crippen LogP contribution in [0.4, 0.5) is 0 Å². The number of hydrogen-bond donors (Lipinski definition) is 3. The van der Waals surface area contributed by atoms with Gasteiger partial charge >= 0.3 is 5.97 Å². The van der Waals surface area contributed by atoms with Gasteiger partial charge in [-0.15, -0.1) is 0 Å². The molecule has 1 aliphatic carbocycles. The van der Waals surface area contributed by atoms with E-state index in [-0.39, 0.29) is 5.76 Å². The fourth-order valence-corrected chi connectivity index (χ4v) is 2.81. The zero-order chi connectivity index (χ0) is 14.6. The first kappa shape index (κ1) is 15.1. The number of carbonyl (C=O) groups is 1. The third-order valence-corrected chi connectivity index (χ3v) is 4.24. The average Bonchev–Trinajstić information content (AvgIpc) is 2.89. The second-order valence-electron chi connectivity index (χ2n) is 5.75. The topological polar surface area (TPSA) is 82.7 Å². The predicted octanol–water partition coefficient (Wildman–Crippen LogP) is 2.40. The zero-order valence-electron chi connectivity index (χ0n) is 11.9. The summed E-state index contributed by atoms with van der Waals surface area (Å²) in [6.45, 7) is 3.16. The largest absolute Gasteiger partial charge is 0.475 e. The minimum atomic E-state index is -1.06. The Morgan fingerprint density at radius 2 is 2.15 bits per heavy atom. The summed E-state index contributed by atoms with van der Waals surface area (Å²) in [5, 5.41) is 22.4. The van der Waals surface area contributed by atoms with Gasteiger partial charge in [-0.1, -0.05) is 13.3 Å². The highest BCUT2D eigenvalue weighted by atomic mass is 16.4. The van der Waals surface area contributed by atoms with E-state index in [4.69, 9.17) is 9.52 Å². The molecule has 0 radical (unpaired) electrons. The fourth-order valence-electron chi connectivity index (χ4n) is 2.81. The van der Waals surface area contributed by atoms with Gasteiger partial charge in [0.05, 0.1) is 12.1 Å². The molecule has 0 spiro atoms. The predicted molar refractivity (Wildman–Crippen MR) is 74.6 cm³/mol. The van der Waals surface area contributed by atoms with Crippen LogP contribution in [0.2, 0.25) is 0 Å². The van der Waals surface area contributed by atoms with Crippen molar-refractivity contribution in [1.29, 1.82) is 0 Å². The number of rotatable bonds is 6. The second kappa shape index (κ2) is 6.41. The maximum atomic E-state index is 10.7. The molecule has 5 heteroatoms. The molecule has 1 heterocycles. The van der Waals surface area contributed by atoms with Gasteiger partial charge in [0.2, 0.25) is 5.76 Å². The van der Waals surface area contributed by atoms with Crippen molar-refractivity contribution in [2.75, 3.05) is 6.54 Å². The third-order valence-electron chi connectivity index (χ3n) is 4.24. The van der Waals surface area contributed by atoms with E-state index in [1.54, 1.807) is 6.07 Å². The third kappa shape index (κ3) is 3.84. The van der Waals surface area contributed by atoms with Crippen LogP contribution in [0.3, 0.4) is 0 Å². The number of furan rings is 1. The molecule has 0 aromatic carbocycles. The van der Waals surface area contributed by atoms with E-state index in [1.807, 2.05) is 0 Å². The molecule has 20 heavy (non-hydrogen) atoms. The number of nitrogens with one attached hydrogen (secondary N) is 1. The van der Waals surface area contributed by atoms with Crippen LogP contribution < -0.4 is 5.32 Å². The first-order valence-corrected chi connectivity index (χ1v) is 7.27. The lowest BCUT2D eigenvalue weighted by molar-refractivity contribution is -0.00910. The van der Waals surface area contributed by atoms with E-state index in [0.29, 0.717) is 18.8 Å². The zero-order valence-corrected chi connectivity index (χ0v) is 11.9. The van der Waals surface area contributed by atoms with Crippen molar-refractivity contribution in [3.05, 3.63) is 23.7 Å². The molecule has 1 aromatic rings. The Hall–Kier alpha value is -1.33. The van der Waals surface area contributed by atoms with Crippen LogP contribution in [0, 0.1) is 5.92 Å². The molecule has 2 rings (SSSR count). The van der Waals surface area contributed by atoms with E-state index >= 15 is 0 Å². The van der Waals surface area contributed by atoms with Crippen LogP contribution in [-0.2, 0) is 6.54 Å². The Balaban J connectivity index is 1.76. The monoisotopic (exact) mass is 281 g/mol. The average molecular weight is 281 g/mol. The summed E-state index contributed by atoms with van der Waals surface area (Å²) in [4.78, 5) is 10.7. The molecule has 1 aliphatic rings. The van der Waals surface area contributed by atoms with Crippen LogP contribution in [0.15, 0.2) is 16.5 Å². The first-order chi connectivity index (χ1) is 9.52. The van der Waals surface area contributed by atoms with Crippen molar-refractivity contribution < 1.29 is 19.4 Å². The van der Waals surface area contributed by atoms with E-state index < -0.39 is 11.6 Å². The molecule has 0 saturated heterocycles. The highest BCUT2D eigenvalue weighted by molar-refractivity contribution is 5.84. The summed E-state index contributed by atoms with van der Waals surface area (Å²) in [7, 11) is 0. The minimum absolute atomic E-state index is 0.0519. The number of carboxylic acid groups (broad SMARTS) is 1. The van der Waals surface area contributed by atoms with E-state index in [0.717, 1.165) is 31.6 Å². The molecule has 1 fully saturated rings. The van der Waals surface area contributed by atoms with Gasteiger partial charge < -0.3 is 19.9 Å². The van der Waals surface area contributed by atoms with Crippen LogP contribution in [-0.4, -0.2) is 28.3 Å². The van der Waals surface area contributed by atoms with Gasteiger partial charge in [-0.05, 0) is 43.7 Å². The van der Waals surface area contributed by atoms with E-state index in [2.05, 4.69) is 12.2 Å². The summed E-state index contributed by atoms with van der Waals surface area (Å²) < 4.78 is 5.16. The lowest BCUT2D eigenvalue weighted by Gasteiger charge is -2.35. The molecule has 1 aromatic heterocycles. The van der Waals surface area contributed by atoms with Gasteiger partial charge in [-0.25, -0.2) is 4.79 Å². The molecule has 1 saturated carbocycles. The Labute approximate surface area is 119 Å². The fraction of sp³-hybridized carbons (Fsp3) is 0.667. The molecule has 0 atom stereocenters. The summed E-state index contributed by atoms with van der Waals surface area (Å²) in [5.41, 5.74) is -0.631. The first-order valence-electron chi connectivity index (χ1n) is 7.27. The standard InChI is InChI=1S/C15H23NO4/c1-2-11-5-7-15(19,8-6-11)10-16-9-12-3-4-13(20-12)14(17)18/h3-4,11,16,19H,2,5-10H2,1H3,(H,17,18). The number of hydrogen-bond acceptors (Lipinski definition) is 4. The maximum absolute atomic E-state index is 10.7. The normalized spacial score (nSPS) is 26.6. The number of carboxylic acids is 1. The molecule has 3 N–H and O–H groups in total. The minimum Gasteiger partial charge on any atom is -0.475 e.